The van der Waals surface area contributed by atoms with E-state index in [0.29, 0.717) is 5.92 Å². The fourth-order valence-corrected chi connectivity index (χ4v) is 3.04. The molecule has 1 nitrogen and oxygen atoms in total. The van der Waals surface area contributed by atoms with E-state index in [0.717, 1.165) is 12.0 Å². The molecular weight excluding hydrogens is 307 g/mol. The third kappa shape index (κ3) is 3.87. The maximum Gasteiger partial charge on any atom is 0.0801 e. The Bertz CT molecular complexity index is 272. The van der Waals surface area contributed by atoms with Gasteiger partial charge in [-0.15, -0.1) is 11.3 Å². The average molecular weight is 324 g/mol. The average Bonchev–Trinajstić information content (AvgIpc) is 2.52. The molecule has 0 amide bonds. The summed E-state index contributed by atoms with van der Waals surface area (Å²) in [5.74, 6) is 0.618. The van der Waals surface area contributed by atoms with Crippen LogP contribution in [0.3, 0.4) is 0 Å². The monoisotopic (exact) mass is 324 g/mol. The normalized spacial score (nSPS) is 15.4. The molecule has 0 saturated carbocycles. The summed E-state index contributed by atoms with van der Waals surface area (Å²) in [6.07, 6.45) is 3.03. The number of aliphatic hydroxyl groups excluding tert-OH is 1. The van der Waals surface area contributed by atoms with Crippen LogP contribution in [0.2, 0.25) is 0 Å². The molecule has 0 radical (unpaired) electrons. The number of halogens is 1. The molecule has 80 valence electrons. The van der Waals surface area contributed by atoms with Crippen LogP contribution in [0.15, 0.2) is 11.4 Å². The standard InChI is InChI=1S/C11H17IOS/c1-3-4-8(2)5-10(13)9-6-11(12)14-7-9/h6-8,10,13H,3-5H2,1-2H3. The zero-order valence-electron chi connectivity index (χ0n) is 8.66. The zero-order chi connectivity index (χ0) is 10.6. The second-order valence-electron chi connectivity index (χ2n) is 3.83. The molecule has 0 aliphatic rings. The molecule has 0 aliphatic heterocycles. The second-order valence-corrected chi connectivity index (χ2v) is 6.63. The Morgan fingerprint density at radius 2 is 2.29 bits per heavy atom. The first-order chi connectivity index (χ1) is 6.63. The van der Waals surface area contributed by atoms with Gasteiger partial charge < -0.3 is 5.11 Å². The molecule has 0 fully saturated rings. The van der Waals surface area contributed by atoms with Crippen molar-refractivity contribution in [2.45, 2.75) is 39.2 Å². The van der Waals surface area contributed by atoms with E-state index < -0.39 is 0 Å². The molecule has 0 saturated heterocycles. The smallest absolute Gasteiger partial charge is 0.0801 e. The molecule has 1 aromatic heterocycles. The van der Waals surface area contributed by atoms with Crippen molar-refractivity contribution in [3.05, 3.63) is 19.9 Å². The quantitative estimate of drug-likeness (QED) is 0.805. The topological polar surface area (TPSA) is 20.2 Å². The summed E-state index contributed by atoms with van der Waals surface area (Å²) < 4.78 is 1.25. The molecule has 14 heavy (non-hydrogen) atoms. The van der Waals surface area contributed by atoms with Gasteiger partial charge in [0, 0.05) is 0 Å². The summed E-state index contributed by atoms with van der Waals surface area (Å²) in [5.41, 5.74) is 1.09. The van der Waals surface area contributed by atoms with Crippen molar-refractivity contribution in [2.24, 2.45) is 5.92 Å². The first-order valence-electron chi connectivity index (χ1n) is 5.05. The lowest BCUT2D eigenvalue weighted by Gasteiger charge is -2.14. The van der Waals surface area contributed by atoms with Crippen LogP contribution in [0.5, 0.6) is 0 Å². The van der Waals surface area contributed by atoms with Crippen LogP contribution in [0.25, 0.3) is 0 Å². The summed E-state index contributed by atoms with van der Waals surface area (Å²) in [4.78, 5) is 0. The van der Waals surface area contributed by atoms with E-state index in [-0.39, 0.29) is 6.10 Å². The van der Waals surface area contributed by atoms with Gasteiger partial charge in [-0.25, -0.2) is 0 Å². The highest BCUT2D eigenvalue weighted by atomic mass is 127. The SMILES string of the molecule is CCCC(C)CC(O)c1csc(I)c1. The lowest BCUT2D eigenvalue weighted by atomic mass is 9.96. The van der Waals surface area contributed by atoms with Gasteiger partial charge in [-0.05, 0) is 51.9 Å². The molecule has 3 heteroatoms. The zero-order valence-corrected chi connectivity index (χ0v) is 11.6. The van der Waals surface area contributed by atoms with Crippen LogP contribution in [0.4, 0.5) is 0 Å². The minimum absolute atomic E-state index is 0.267. The van der Waals surface area contributed by atoms with Crippen molar-refractivity contribution in [1.29, 1.82) is 0 Å². The maximum atomic E-state index is 9.93. The Kier molecular flexibility index (Phi) is 5.41. The van der Waals surface area contributed by atoms with E-state index in [1.165, 1.54) is 15.7 Å². The van der Waals surface area contributed by atoms with Gasteiger partial charge >= 0.3 is 0 Å². The van der Waals surface area contributed by atoms with Crippen LogP contribution in [-0.4, -0.2) is 5.11 Å². The number of hydrogen-bond donors (Lipinski definition) is 1. The Hall–Kier alpha value is 0.390. The highest BCUT2D eigenvalue weighted by molar-refractivity contribution is 14.1. The van der Waals surface area contributed by atoms with Gasteiger partial charge in [0.2, 0.25) is 0 Å². The second kappa shape index (κ2) is 6.08. The van der Waals surface area contributed by atoms with Gasteiger partial charge in [-0.2, -0.15) is 0 Å². The predicted molar refractivity (Wildman–Crippen MR) is 70.7 cm³/mol. The molecule has 2 unspecified atom stereocenters. The molecule has 2 atom stereocenters. The molecular formula is C11H17IOS. The van der Waals surface area contributed by atoms with E-state index in [1.54, 1.807) is 11.3 Å². The Labute approximate surface area is 104 Å². The number of aliphatic hydroxyl groups is 1. The van der Waals surface area contributed by atoms with E-state index in [4.69, 9.17) is 0 Å². The number of rotatable bonds is 5. The molecule has 0 bridgehead atoms. The molecule has 1 N–H and O–H groups in total. The third-order valence-electron chi connectivity index (χ3n) is 2.38. The summed E-state index contributed by atoms with van der Waals surface area (Å²) >= 11 is 3.99. The van der Waals surface area contributed by atoms with E-state index in [9.17, 15) is 5.11 Å². The Morgan fingerprint density at radius 1 is 1.57 bits per heavy atom. The van der Waals surface area contributed by atoms with Gasteiger partial charge in [0.25, 0.3) is 0 Å². The lowest BCUT2D eigenvalue weighted by molar-refractivity contribution is 0.145. The van der Waals surface area contributed by atoms with Crippen molar-refractivity contribution >= 4 is 33.9 Å². The highest BCUT2D eigenvalue weighted by Gasteiger charge is 2.13. The van der Waals surface area contributed by atoms with Crippen LogP contribution >= 0.6 is 33.9 Å². The van der Waals surface area contributed by atoms with Gasteiger partial charge in [0.1, 0.15) is 0 Å². The van der Waals surface area contributed by atoms with Crippen molar-refractivity contribution in [1.82, 2.24) is 0 Å². The summed E-state index contributed by atoms with van der Waals surface area (Å²) in [6, 6.07) is 2.08. The van der Waals surface area contributed by atoms with Crippen molar-refractivity contribution in [2.75, 3.05) is 0 Å². The minimum atomic E-state index is -0.267. The fraction of sp³-hybridized carbons (Fsp3) is 0.636. The Balaban J connectivity index is 2.45. The largest absolute Gasteiger partial charge is 0.388 e. The summed E-state index contributed by atoms with van der Waals surface area (Å²) in [5, 5.41) is 12.0. The number of hydrogen-bond acceptors (Lipinski definition) is 2. The fourth-order valence-electron chi connectivity index (χ4n) is 1.63. The first-order valence-corrected chi connectivity index (χ1v) is 7.01. The van der Waals surface area contributed by atoms with Gasteiger partial charge in [-0.1, -0.05) is 26.7 Å². The summed E-state index contributed by atoms with van der Waals surface area (Å²) in [7, 11) is 0. The minimum Gasteiger partial charge on any atom is -0.388 e. The first kappa shape index (κ1) is 12.5. The molecule has 1 aromatic rings. The maximum absolute atomic E-state index is 9.93. The summed E-state index contributed by atoms with van der Waals surface area (Å²) in [6.45, 7) is 4.40. The van der Waals surface area contributed by atoms with E-state index in [1.807, 2.05) is 0 Å². The van der Waals surface area contributed by atoms with Crippen molar-refractivity contribution in [3.8, 4) is 0 Å². The molecule has 1 heterocycles. The molecule has 0 spiro atoms. The number of thiophene rings is 1. The van der Waals surface area contributed by atoms with Crippen molar-refractivity contribution in [3.63, 3.8) is 0 Å². The van der Waals surface area contributed by atoms with Crippen LogP contribution in [0.1, 0.15) is 44.8 Å². The van der Waals surface area contributed by atoms with Gasteiger partial charge in [-0.3, -0.25) is 0 Å². The molecule has 0 aromatic carbocycles. The molecule has 0 aliphatic carbocycles. The lowest BCUT2D eigenvalue weighted by Crippen LogP contribution is -2.03. The third-order valence-corrected chi connectivity index (χ3v) is 4.19. The van der Waals surface area contributed by atoms with Gasteiger partial charge in [0.05, 0.1) is 8.99 Å². The van der Waals surface area contributed by atoms with E-state index in [2.05, 4.69) is 47.9 Å². The Morgan fingerprint density at radius 3 is 2.79 bits per heavy atom. The van der Waals surface area contributed by atoms with Crippen LogP contribution in [-0.2, 0) is 0 Å². The van der Waals surface area contributed by atoms with Crippen LogP contribution in [0, 0.1) is 8.80 Å². The highest BCUT2D eigenvalue weighted by Crippen LogP contribution is 2.27. The van der Waals surface area contributed by atoms with Crippen molar-refractivity contribution < 1.29 is 5.11 Å². The molecule has 1 rings (SSSR count). The van der Waals surface area contributed by atoms with Gasteiger partial charge in [0.15, 0.2) is 0 Å². The van der Waals surface area contributed by atoms with E-state index >= 15 is 0 Å². The van der Waals surface area contributed by atoms with Crippen LogP contribution < -0.4 is 0 Å². The predicted octanol–water partition coefficient (Wildman–Crippen LogP) is 4.21.